The molecular weight excluding hydrogens is 276 g/mol. The second-order valence-electron chi connectivity index (χ2n) is 5.47. The van der Waals surface area contributed by atoms with Gasteiger partial charge in [-0.05, 0) is 19.9 Å². The minimum Gasteiger partial charge on any atom is -0.409 e. The van der Waals surface area contributed by atoms with Crippen molar-refractivity contribution in [3.05, 3.63) is 33.9 Å². The van der Waals surface area contributed by atoms with Gasteiger partial charge in [-0.3, -0.25) is 10.1 Å². The average molecular weight is 294 g/mol. The molecule has 0 bridgehead atoms. The number of anilines is 1. The molecule has 3 N–H and O–H groups in total. The maximum absolute atomic E-state index is 10.9. The molecule has 1 fully saturated rings. The molecule has 0 amide bonds. The Morgan fingerprint density at radius 3 is 2.86 bits per heavy atom. The second kappa shape index (κ2) is 5.57. The first-order valence-corrected chi connectivity index (χ1v) is 6.49. The van der Waals surface area contributed by atoms with Gasteiger partial charge in [-0.25, -0.2) is 0 Å². The third-order valence-electron chi connectivity index (χ3n) is 3.34. The molecule has 2 rings (SSSR count). The standard InChI is InChI=1S/C13H18N4O4/c1-13(2)8-16(5-6-21-13)11-4-3-9(17(19)20)7-10(11)12(14)15-18/h3-4,7,18H,5-6,8H2,1-2H3,(H2,14,15). The van der Waals surface area contributed by atoms with E-state index < -0.39 is 4.92 Å². The van der Waals surface area contributed by atoms with Crippen molar-refractivity contribution >= 4 is 17.2 Å². The maximum atomic E-state index is 10.9. The Balaban J connectivity index is 2.45. The van der Waals surface area contributed by atoms with Crippen molar-refractivity contribution in [3.8, 4) is 0 Å². The molecule has 0 aromatic heterocycles. The molecule has 0 spiro atoms. The predicted molar refractivity (Wildman–Crippen MR) is 77.9 cm³/mol. The molecule has 1 aliphatic rings. The Bertz CT molecular complexity index is 586. The lowest BCUT2D eigenvalue weighted by atomic mass is 10.0. The van der Waals surface area contributed by atoms with Crippen molar-refractivity contribution in [2.75, 3.05) is 24.6 Å². The highest BCUT2D eigenvalue weighted by Crippen LogP contribution is 2.29. The number of nitro groups is 1. The summed E-state index contributed by atoms with van der Waals surface area (Å²) < 4.78 is 5.64. The fraction of sp³-hybridized carbons (Fsp3) is 0.462. The SMILES string of the molecule is CC1(C)CN(c2ccc([N+](=O)[O-])cc2C(N)=NO)CCO1. The predicted octanol–water partition coefficient (Wildman–Crippen LogP) is 1.30. The topological polar surface area (TPSA) is 114 Å². The van der Waals surface area contributed by atoms with Crippen LogP contribution in [0.4, 0.5) is 11.4 Å². The van der Waals surface area contributed by atoms with Crippen molar-refractivity contribution in [1.82, 2.24) is 0 Å². The van der Waals surface area contributed by atoms with Gasteiger partial charge >= 0.3 is 0 Å². The Kier molecular flexibility index (Phi) is 3.99. The molecule has 1 heterocycles. The number of hydrogen-bond donors (Lipinski definition) is 2. The summed E-state index contributed by atoms with van der Waals surface area (Å²) in [5.74, 6) is -0.155. The molecule has 1 aromatic rings. The summed E-state index contributed by atoms with van der Waals surface area (Å²) in [7, 11) is 0. The summed E-state index contributed by atoms with van der Waals surface area (Å²) in [5, 5.41) is 22.7. The Labute approximate surface area is 121 Å². The van der Waals surface area contributed by atoms with Crippen LogP contribution in [0.15, 0.2) is 23.4 Å². The zero-order valence-corrected chi connectivity index (χ0v) is 11.9. The van der Waals surface area contributed by atoms with Gasteiger partial charge in [-0.1, -0.05) is 5.16 Å². The van der Waals surface area contributed by atoms with E-state index in [4.69, 9.17) is 15.7 Å². The number of ether oxygens (including phenoxy) is 1. The minimum atomic E-state index is -0.513. The molecule has 0 aliphatic carbocycles. The summed E-state index contributed by atoms with van der Waals surface area (Å²) >= 11 is 0. The van der Waals surface area contributed by atoms with Crippen molar-refractivity contribution in [1.29, 1.82) is 0 Å². The van der Waals surface area contributed by atoms with Crippen LogP contribution in [0, 0.1) is 10.1 Å². The van der Waals surface area contributed by atoms with Crippen molar-refractivity contribution in [3.63, 3.8) is 0 Å². The number of nitrogens with two attached hydrogens (primary N) is 1. The molecule has 1 aliphatic heterocycles. The smallest absolute Gasteiger partial charge is 0.270 e. The zero-order valence-electron chi connectivity index (χ0n) is 11.9. The monoisotopic (exact) mass is 294 g/mol. The van der Waals surface area contributed by atoms with Gasteiger partial charge in [0, 0.05) is 30.9 Å². The van der Waals surface area contributed by atoms with Crippen molar-refractivity contribution in [2.45, 2.75) is 19.4 Å². The van der Waals surface area contributed by atoms with E-state index in [9.17, 15) is 10.1 Å². The van der Waals surface area contributed by atoms with E-state index in [0.29, 0.717) is 30.9 Å². The van der Waals surface area contributed by atoms with Crippen LogP contribution in [0.2, 0.25) is 0 Å². The van der Waals surface area contributed by atoms with E-state index in [0.717, 1.165) is 0 Å². The van der Waals surface area contributed by atoms with Gasteiger partial charge in [0.15, 0.2) is 5.84 Å². The molecule has 0 saturated carbocycles. The van der Waals surface area contributed by atoms with E-state index in [1.54, 1.807) is 6.07 Å². The van der Waals surface area contributed by atoms with Crippen LogP contribution in [-0.2, 0) is 4.74 Å². The third-order valence-corrected chi connectivity index (χ3v) is 3.34. The number of rotatable bonds is 3. The number of oxime groups is 1. The van der Waals surface area contributed by atoms with Crippen LogP contribution in [-0.4, -0.2) is 41.3 Å². The average Bonchev–Trinajstić information content (AvgIpc) is 2.44. The Morgan fingerprint density at radius 1 is 1.57 bits per heavy atom. The van der Waals surface area contributed by atoms with Gasteiger partial charge in [-0.15, -0.1) is 0 Å². The second-order valence-corrected chi connectivity index (χ2v) is 5.47. The van der Waals surface area contributed by atoms with Crippen molar-refractivity contribution < 1.29 is 14.9 Å². The Morgan fingerprint density at radius 2 is 2.29 bits per heavy atom. The molecule has 0 atom stereocenters. The molecule has 114 valence electrons. The van der Waals surface area contributed by atoms with Crippen LogP contribution in [0.5, 0.6) is 0 Å². The van der Waals surface area contributed by atoms with Crippen LogP contribution < -0.4 is 10.6 Å². The summed E-state index contributed by atoms with van der Waals surface area (Å²) in [4.78, 5) is 12.4. The number of nitro benzene ring substituents is 1. The molecular formula is C13H18N4O4. The number of hydrogen-bond acceptors (Lipinski definition) is 6. The number of morpholine rings is 1. The van der Waals surface area contributed by atoms with Crippen LogP contribution in [0.1, 0.15) is 19.4 Å². The molecule has 21 heavy (non-hydrogen) atoms. The van der Waals surface area contributed by atoms with Gasteiger partial charge < -0.3 is 20.6 Å². The lowest BCUT2D eigenvalue weighted by Gasteiger charge is -2.40. The summed E-state index contributed by atoms with van der Waals surface area (Å²) in [6.45, 7) is 5.71. The fourth-order valence-corrected chi connectivity index (χ4v) is 2.39. The molecule has 8 heteroatoms. The molecule has 1 aromatic carbocycles. The van der Waals surface area contributed by atoms with E-state index in [1.165, 1.54) is 12.1 Å². The highest BCUT2D eigenvalue weighted by atomic mass is 16.6. The first-order chi connectivity index (χ1) is 9.84. The van der Waals surface area contributed by atoms with Crippen LogP contribution in [0.25, 0.3) is 0 Å². The number of amidine groups is 1. The van der Waals surface area contributed by atoms with Gasteiger partial charge in [-0.2, -0.15) is 0 Å². The van der Waals surface area contributed by atoms with Crippen LogP contribution >= 0.6 is 0 Å². The lowest BCUT2D eigenvalue weighted by Crippen LogP contribution is -2.48. The quantitative estimate of drug-likeness (QED) is 0.285. The minimum absolute atomic E-state index is 0.104. The first-order valence-electron chi connectivity index (χ1n) is 6.49. The molecule has 0 unspecified atom stereocenters. The summed E-state index contributed by atoms with van der Waals surface area (Å²) in [6.07, 6.45) is 0. The van der Waals surface area contributed by atoms with E-state index in [2.05, 4.69) is 5.16 Å². The lowest BCUT2D eigenvalue weighted by molar-refractivity contribution is -0.384. The van der Waals surface area contributed by atoms with Crippen molar-refractivity contribution in [2.24, 2.45) is 10.9 Å². The first kappa shape index (κ1) is 15.0. The Hall–Kier alpha value is -2.35. The molecule has 1 saturated heterocycles. The summed E-state index contributed by atoms with van der Waals surface area (Å²) in [5.41, 5.74) is 6.25. The fourth-order valence-electron chi connectivity index (χ4n) is 2.39. The van der Waals surface area contributed by atoms with Crippen LogP contribution in [0.3, 0.4) is 0 Å². The number of benzene rings is 1. The normalized spacial score (nSPS) is 18.6. The van der Waals surface area contributed by atoms with Gasteiger partial charge in [0.1, 0.15) is 0 Å². The molecule has 0 radical (unpaired) electrons. The highest BCUT2D eigenvalue weighted by molar-refractivity contribution is 6.02. The van der Waals surface area contributed by atoms with E-state index in [1.807, 2.05) is 18.7 Å². The molecule has 8 nitrogen and oxygen atoms in total. The van der Waals surface area contributed by atoms with Gasteiger partial charge in [0.2, 0.25) is 0 Å². The van der Waals surface area contributed by atoms with E-state index in [-0.39, 0.29) is 17.1 Å². The number of non-ortho nitro benzene ring substituents is 1. The number of nitrogens with zero attached hydrogens (tertiary/aromatic N) is 3. The van der Waals surface area contributed by atoms with Gasteiger partial charge in [0.25, 0.3) is 5.69 Å². The third kappa shape index (κ3) is 3.22. The summed E-state index contributed by atoms with van der Waals surface area (Å²) in [6, 6.07) is 4.34. The maximum Gasteiger partial charge on any atom is 0.270 e. The van der Waals surface area contributed by atoms with Gasteiger partial charge in [0.05, 0.1) is 22.7 Å². The zero-order chi connectivity index (χ0) is 15.6. The van der Waals surface area contributed by atoms with E-state index >= 15 is 0 Å². The highest BCUT2D eigenvalue weighted by Gasteiger charge is 2.29. The largest absolute Gasteiger partial charge is 0.409 e.